The molecule has 2 N–H and O–H groups in total. The average molecular weight is 244 g/mol. The number of piperidine rings is 1. The normalized spacial score (nSPS) is 17.6. The van der Waals surface area contributed by atoms with Crippen LogP contribution in [0.2, 0.25) is 5.28 Å². The number of hydrogen-bond acceptors (Lipinski definition) is 6. The summed E-state index contributed by atoms with van der Waals surface area (Å²) in [6, 6.07) is 0. The molecule has 1 aliphatic heterocycles. The van der Waals surface area contributed by atoms with Crippen molar-refractivity contribution in [3.05, 3.63) is 5.28 Å². The number of aliphatic hydroxyl groups is 1. The van der Waals surface area contributed by atoms with E-state index in [0.29, 0.717) is 11.9 Å². The van der Waals surface area contributed by atoms with Crippen LogP contribution in [-0.4, -0.2) is 46.3 Å². The van der Waals surface area contributed by atoms with E-state index in [9.17, 15) is 5.11 Å². The number of halogens is 1. The van der Waals surface area contributed by atoms with Gasteiger partial charge in [0.2, 0.25) is 17.2 Å². The van der Waals surface area contributed by atoms with Crippen molar-refractivity contribution in [2.45, 2.75) is 18.9 Å². The third-order valence-corrected chi connectivity index (χ3v) is 2.74. The van der Waals surface area contributed by atoms with Crippen molar-refractivity contribution in [1.29, 1.82) is 0 Å². The Bertz CT molecular complexity index is 367. The second kappa shape index (κ2) is 4.80. The molecule has 1 saturated heterocycles. The van der Waals surface area contributed by atoms with Crippen LogP contribution in [-0.2, 0) is 0 Å². The summed E-state index contributed by atoms with van der Waals surface area (Å²) in [6.45, 7) is 1.48. The lowest BCUT2D eigenvalue weighted by atomic mass is 10.1. The van der Waals surface area contributed by atoms with Crippen LogP contribution in [0.5, 0.6) is 0 Å². The minimum Gasteiger partial charge on any atom is -0.393 e. The predicted octanol–water partition coefficient (Wildman–Crippen LogP) is 0.528. The number of hydrogen-bond donors (Lipinski definition) is 2. The second-order valence-electron chi connectivity index (χ2n) is 3.70. The SMILES string of the molecule is CNc1nc(Cl)nc(N2CCC(O)CC2)n1. The minimum absolute atomic E-state index is 0.181. The van der Waals surface area contributed by atoms with Crippen LogP contribution >= 0.6 is 11.6 Å². The van der Waals surface area contributed by atoms with E-state index in [1.807, 2.05) is 4.90 Å². The molecule has 0 bridgehead atoms. The van der Waals surface area contributed by atoms with E-state index < -0.39 is 0 Å². The molecule has 0 atom stereocenters. The molecule has 0 unspecified atom stereocenters. The topological polar surface area (TPSA) is 74.2 Å². The van der Waals surface area contributed by atoms with E-state index in [0.717, 1.165) is 25.9 Å². The fourth-order valence-electron chi connectivity index (χ4n) is 1.66. The van der Waals surface area contributed by atoms with Gasteiger partial charge in [-0.3, -0.25) is 0 Å². The Balaban J connectivity index is 2.16. The molecule has 1 aromatic rings. The lowest BCUT2D eigenvalue weighted by molar-refractivity contribution is 0.145. The summed E-state index contributed by atoms with van der Waals surface area (Å²) in [5.41, 5.74) is 0. The molecule has 0 saturated carbocycles. The maximum Gasteiger partial charge on any atom is 0.231 e. The molecule has 0 spiro atoms. The Kier molecular flexibility index (Phi) is 3.40. The smallest absolute Gasteiger partial charge is 0.231 e. The molecule has 2 rings (SSSR count). The Morgan fingerprint density at radius 2 is 2.00 bits per heavy atom. The third kappa shape index (κ3) is 2.51. The van der Waals surface area contributed by atoms with E-state index >= 15 is 0 Å². The summed E-state index contributed by atoms with van der Waals surface area (Å²) in [7, 11) is 1.73. The Morgan fingerprint density at radius 3 is 2.62 bits per heavy atom. The highest BCUT2D eigenvalue weighted by molar-refractivity contribution is 6.28. The van der Waals surface area contributed by atoms with Crippen molar-refractivity contribution in [3.63, 3.8) is 0 Å². The van der Waals surface area contributed by atoms with Crippen LogP contribution in [0.15, 0.2) is 0 Å². The van der Waals surface area contributed by atoms with Gasteiger partial charge < -0.3 is 15.3 Å². The first-order chi connectivity index (χ1) is 7.69. The van der Waals surface area contributed by atoms with Gasteiger partial charge in [0.05, 0.1) is 6.10 Å². The van der Waals surface area contributed by atoms with E-state index in [-0.39, 0.29) is 11.4 Å². The third-order valence-electron chi connectivity index (χ3n) is 2.57. The summed E-state index contributed by atoms with van der Waals surface area (Å²) in [5.74, 6) is 1.03. The number of nitrogens with zero attached hydrogens (tertiary/aromatic N) is 4. The van der Waals surface area contributed by atoms with Gasteiger partial charge in [0.1, 0.15) is 0 Å². The lowest BCUT2D eigenvalue weighted by Gasteiger charge is -2.29. The van der Waals surface area contributed by atoms with Crippen LogP contribution in [0.3, 0.4) is 0 Å². The maximum absolute atomic E-state index is 9.41. The van der Waals surface area contributed by atoms with Crippen LogP contribution in [0.25, 0.3) is 0 Å². The zero-order valence-corrected chi connectivity index (χ0v) is 9.78. The van der Waals surface area contributed by atoms with Gasteiger partial charge in [-0.15, -0.1) is 0 Å². The summed E-state index contributed by atoms with van der Waals surface area (Å²) < 4.78 is 0. The highest BCUT2D eigenvalue weighted by atomic mass is 35.5. The van der Waals surface area contributed by atoms with E-state index in [4.69, 9.17) is 11.6 Å². The Hall–Kier alpha value is -1.14. The zero-order chi connectivity index (χ0) is 11.5. The van der Waals surface area contributed by atoms with E-state index in [1.54, 1.807) is 7.05 Å². The monoisotopic (exact) mass is 243 g/mol. The van der Waals surface area contributed by atoms with Crippen molar-refractivity contribution in [2.24, 2.45) is 0 Å². The Morgan fingerprint density at radius 1 is 1.31 bits per heavy atom. The van der Waals surface area contributed by atoms with E-state index in [2.05, 4.69) is 20.3 Å². The van der Waals surface area contributed by atoms with Gasteiger partial charge in [-0.2, -0.15) is 15.0 Å². The first-order valence-corrected chi connectivity index (χ1v) is 5.59. The fourth-order valence-corrected chi connectivity index (χ4v) is 1.81. The van der Waals surface area contributed by atoms with Gasteiger partial charge in [0.25, 0.3) is 0 Å². The first kappa shape index (κ1) is 11.3. The van der Waals surface area contributed by atoms with Crippen molar-refractivity contribution < 1.29 is 5.11 Å². The first-order valence-electron chi connectivity index (χ1n) is 5.21. The van der Waals surface area contributed by atoms with Gasteiger partial charge in [-0.05, 0) is 24.4 Å². The molecule has 6 nitrogen and oxygen atoms in total. The molecule has 2 heterocycles. The molecule has 7 heteroatoms. The fraction of sp³-hybridized carbons (Fsp3) is 0.667. The quantitative estimate of drug-likeness (QED) is 0.789. The Labute approximate surface area is 98.7 Å². The molecular weight excluding hydrogens is 230 g/mol. The minimum atomic E-state index is -0.211. The standard InChI is InChI=1S/C9H14ClN5O/c1-11-8-12-7(10)13-9(14-8)15-4-2-6(16)3-5-15/h6,16H,2-5H2,1H3,(H,11,12,13,14). The number of anilines is 2. The zero-order valence-electron chi connectivity index (χ0n) is 9.02. The van der Waals surface area contributed by atoms with Gasteiger partial charge in [-0.25, -0.2) is 0 Å². The molecule has 16 heavy (non-hydrogen) atoms. The number of aromatic nitrogens is 3. The van der Waals surface area contributed by atoms with Gasteiger partial charge >= 0.3 is 0 Å². The second-order valence-corrected chi connectivity index (χ2v) is 4.03. The van der Waals surface area contributed by atoms with Crippen molar-refractivity contribution >= 4 is 23.5 Å². The summed E-state index contributed by atoms with van der Waals surface area (Å²) in [6.07, 6.45) is 1.26. The maximum atomic E-state index is 9.41. The van der Waals surface area contributed by atoms with Gasteiger partial charge in [0.15, 0.2) is 0 Å². The predicted molar refractivity (Wildman–Crippen MR) is 61.8 cm³/mol. The summed E-state index contributed by atoms with van der Waals surface area (Å²) in [5, 5.41) is 12.4. The van der Waals surface area contributed by atoms with Crippen molar-refractivity contribution in [3.8, 4) is 0 Å². The van der Waals surface area contributed by atoms with Gasteiger partial charge in [-0.1, -0.05) is 0 Å². The van der Waals surface area contributed by atoms with Gasteiger partial charge in [0, 0.05) is 20.1 Å². The van der Waals surface area contributed by atoms with Crippen molar-refractivity contribution in [2.75, 3.05) is 30.4 Å². The number of aliphatic hydroxyl groups excluding tert-OH is 1. The number of rotatable bonds is 2. The average Bonchev–Trinajstić information content (AvgIpc) is 2.29. The van der Waals surface area contributed by atoms with Crippen LogP contribution in [0.4, 0.5) is 11.9 Å². The highest BCUT2D eigenvalue weighted by Gasteiger charge is 2.20. The molecule has 1 aromatic heterocycles. The van der Waals surface area contributed by atoms with Crippen LogP contribution in [0, 0.1) is 0 Å². The molecule has 0 aromatic carbocycles. The molecule has 0 radical (unpaired) electrons. The van der Waals surface area contributed by atoms with Crippen LogP contribution < -0.4 is 10.2 Å². The summed E-state index contributed by atoms with van der Waals surface area (Å²) >= 11 is 5.80. The molecule has 1 fully saturated rings. The molecular formula is C9H14ClN5O. The van der Waals surface area contributed by atoms with Crippen molar-refractivity contribution in [1.82, 2.24) is 15.0 Å². The number of nitrogens with one attached hydrogen (secondary N) is 1. The highest BCUT2D eigenvalue weighted by Crippen LogP contribution is 2.18. The summed E-state index contributed by atoms with van der Waals surface area (Å²) in [4.78, 5) is 14.2. The molecule has 0 amide bonds. The van der Waals surface area contributed by atoms with E-state index in [1.165, 1.54) is 0 Å². The molecule has 1 aliphatic rings. The largest absolute Gasteiger partial charge is 0.393 e. The van der Waals surface area contributed by atoms with Crippen LogP contribution in [0.1, 0.15) is 12.8 Å². The molecule has 88 valence electrons. The lowest BCUT2D eigenvalue weighted by Crippen LogP contribution is -2.37. The molecule has 0 aliphatic carbocycles.